The van der Waals surface area contributed by atoms with Crippen molar-refractivity contribution in [1.82, 2.24) is 20.3 Å². The number of aromatic nitrogens is 3. The molecule has 2 rings (SSSR count). The number of hydrogen-bond donors (Lipinski definition) is 3. The number of likely N-dealkylation sites (tertiary alicyclic amines) is 1. The summed E-state index contributed by atoms with van der Waals surface area (Å²) >= 11 is 0. The van der Waals surface area contributed by atoms with Crippen LogP contribution in [0.3, 0.4) is 0 Å². The minimum atomic E-state index is -0.307. The number of nitrogen functional groups attached to an aromatic ring is 1. The molecule has 0 atom stereocenters. The Balaban J connectivity index is 2.00. The lowest BCUT2D eigenvalue weighted by Crippen LogP contribution is -2.42. The van der Waals surface area contributed by atoms with E-state index >= 15 is 0 Å². The van der Waals surface area contributed by atoms with Crippen molar-refractivity contribution in [1.29, 1.82) is 0 Å². The first kappa shape index (κ1) is 11.4. The zero-order valence-corrected chi connectivity index (χ0v) is 9.22. The third-order valence-corrected chi connectivity index (χ3v) is 2.96. The lowest BCUT2D eigenvalue weighted by molar-refractivity contribution is -0.123. The molecule has 2 amide bonds. The predicted octanol–water partition coefficient (Wildman–Crippen LogP) is -1.28. The molecule has 1 aliphatic rings. The number of rotatable bonds is 2. The molecule has 1 aromatic heterocycles. The van der Waals surface area contributed by atoms with Gasteiger partial charge < -0.3 is 16.4 Å². The number of aromatic amines is 1. The molecule has 0 aromatic carbocycles. The number of nitrogens with two attached hydrogens (primary N) is 2. The highest BCUT2D eigenvalue weighted by atomic mass is 16.2. The van der Waals surface area contributed by atoms with Gasteiger partial charge in [-0.2, -0.15) is 5.21 Å². The van der Waals surface area contributed by atoms with E-state index in [1.165, 1.54) is 0 Å². The Bertz CT molecular complexity index is 434. The summed E-state index contributed by atoms with van der Waals surface area (Å²) in [5.74, 6) is -0.627. The summed E-state index contributed by atoms with van der Waals surface area (Å²) in [7, 11) is 0. The number of hydrogen-bond acceptors (Lipinski definition) is 5. The van der Waals surface area contributed by atoms with E-state index < -0.39 is 0 Å². The summed E-state index contributed by atoms with van der Waals surface area (Å²) in [4.78, 5) is 24.6. The van der Waals surface area contributed by atoms with Gasteiger partial charge in [0.1, 0.15) is 0 Å². The van der Waals surface area contributed by atoms with Crippen molar-refractivity contribution in [3.8, 4) is 0 Å². The predicted molar refractivity (Wildman–Crippen MR) is 58.6 cm³/mol. The lowest BCUT2D eigenvalue weighted by atomic mass is 9.96. The van der Waals surface area contributed by atoms with Gasteiger partial charge in [-0.3, -0.25) is 9.59 Å². The molecule has 1 aromatic rings. The molecule has 92 valence electrons. The SMILES string of the molecule is NC(=O)C1CCN(C(=O)c2n[nH]nc2N)CC1. The Morgan fingerprint density at radius 1 is 1.29 bits per heavy atom. The first-order valence-corrected chi connectivity index (χ1v) is 5.34. The fraction of sp³-hybridized carbons (Fsp3) is 0.556. The quantitative estimate of drug-likeness (QED) is 0.590. The van der Waals surface area contributed by atoms with Crippen LogP contribution in [0.15, 0.2) is 0 Å². The van der Waals surface area contributed by atoms with Crippen LogP contribution in [0.2, 0.25) is 0 Å². The fourth-order valence-corrected chi connectivity index (χ4v) is 1.91. The van der Waals surface area contributed by atoms with Crippen LogP contribution < -0.4 is 11.5 Å². The van der Waals surface area contributed by atoms with Gasteiger partial charge in [0.25, 0.3) is 5.91 Å². The number of carbonyl (C=O) groups excluding carboxylic acids is 2. The molecule has 5 N–H and O–H groups in total. The monoisotopic (exact) mass is 238 g/mol. The molecular weight excluding hydrogens is 224 g/mol. The molecule has 8 nitrogen and oxygen atoms in total. The Morgan fingerprint density at radius 3 is 2.41 bits per heavy atom. The molecule has 1 saturated heterocycles. The van der Waals surface area contributed by atoms with E-state index in [2.05, 4.69) is 15.4 Å². The average Bonchev–Trinajstić information content (AvgIpc) is 2.74. The van der Waals surface area contributed by atoms with Gasteiger partial charge in [-0.15, -0.1) is 10.2 Å². The molecule has 1 aliphatic heterocycles. The summed E-state index contributed by atoms with van der Waals surface area (Å²) in [6.07, 6.45) is 1.16. The average molecular weight is 238 g/mol. The van der Waals surface area contributed by atoms with Crippen molar-refractivity contribution in [2.45, 2.75) is 12.8 Å². The summed E-state index contributed by atoms with van der Waals surface area (Å²) in [6, 6.07) is 0. The number of H-pyrrole nitrogens is 1. The minimum Gasteiger partial charge on any atom is -0.380 e. The van der Waals surface area contributed by atoms with Crippen LogP contribution in [0.5, 0.6) is 0 Å². The topological polar surface area (TPSA) is 131 Å². The third kappa shape index (κ3) is 2.19. The Labute approximate surface area is 97.3 Å². The maximum Gasteiger partial charge on any atom is 0.278 e. The van der Waals surface area contributed by atoms with Crippen LogP contribution in [0.25, 0.3) is 0 Å². The van der Waals surface area contributed by atoms with E-state index in [1.807, 2.05) is 0 Å². The first-order valence-electron chi connectivity index (χ1n) is 5.34. The van der Waals surface area contributed by atoms with Gasteiger partial charge in [0.05, 0.1) is 0 Å². The maximum absolute atomic E-state index is 12.0. The van der Waals surface area contributed by atoms with Crippen LogP contribution in [0.4, 0.5) is 5.82 Å². The van der Waals surface area contributed by atoms with Crippen molar-refractivity contribution < 1.29 is 9.59 Å². The van der Waals surface area contributed by atoms with Crippen LogP contribution in [0, 0.1) is 5.92 Å². The standard InChI is InChI=1S/C9H14N6O2/c10-7-6(12-14-13-7)9(17)15-3-1-5(2-4-15)8(11)16/h5H,1-4H2,(H2,11,16)(H3,10,12,13,14). The molecule has 0 aliphatic carbocycles. The normalized spacial score (nSPS) is 17.1. The molecule has 0 saturated carbocycles. The van der Waals surface area contributed by atoms with Crippen molar-refractivity contribution in [3.63, 3.8) is 0 Å². The van der Waals surface area contributed by atoms with E-state index in [9.17, 15) is 9.59 Å². The lowest BCUT2D eigenvalue weighted by Gasteiger charge is -2.29. The molecule has 8 heteroatoms. The highest BCUT2D eigenvalue weighted by Gasteiger charge is 2.28. The van der Waals surface area contributed by atoms with E-state index in [0.29, 0.717) is 25.9 Å². The zero-order valence-electron chi connectivity index (χ0n) is 9.22. The van der Waals surface area contributed by atoms with Crippen molar-refractivity contribution in [2.24, 2.45) is 11.7 Å². The van der Waals surface area contributed by atoms with Gasteiger partial charge >= 0.3 is 0 Å². The number of nitrogens with one attached hydrogen (secondary N) is 1. The van der Waals surface area contributed by atoms with Crippen LogP contribution >= 0.6 is 0 Å². The van der Waals surface area contributed by atoms with Gasteiger partial charge in [0.15, 0.2) is 11.5 Å². The molecule has 0 bridgehead atoms. The molecular formula is C9H14N6O2. The van der Waals surface area contributed by atoms with E-state index in [1.54, 1.807) is 4.90 Å². The second-order valence-corrected chi connectivity index (χ2v) is 4.03. The molecule has 17 heavy (non-hydrogen) atoms. The number of carbonyl (C=O) groups is 2. The van der Waals surface area contributed by atoms with Crippen LogP contribution in [-0.4, -0.2) is 45.2 Å². The largest absolute Gasteiger partial charge is 0.380 e. The summed E-state index contributed by atoms with van der Waals surface area (Å²) < 4.78 is 0. The molecule has 0 radical (unpaired) electrons. The van der Waals surface area contributed by atoms with Gasteiger partial charge in [0.2, 0.25) is 5.91 Å². The highest BCUT2D eigenvalue weighted by molar-refractivity contribution is 5.96. The second-order valence-electron chi connectivity index (χ2n) is 4.03. The zero-order chi connectivity index (χ0) is 12.4. The van der Waals surface area contributed by atoms with Crippen molar-refractivity contribution in [3.05, 3.63) is 5.69 Å². The Hall–Kier alpha value is -2.12. The summed E-state index contributed by atoms with van der Waals surface area (Å²) in [6.45, 7) is 0.970. The van der Waals surface area contributed by atoms with Gasteiger partial charge in [-0.05, 0) is 12.8 Å². The number of primary amides is 1. The van der Waals surface area contributed by atoms with Gasteiger partial charge in [-0.1, -0.05) is 0 Å². The van der Waals surface area contributed by atoms with E-state index in [4.69, 9.17) is 11.5 Å². The van der Waals surface area contributed by atoms with Crippen molar-refractivity contribution >= 4 is 17.6 Å². The highest BCUT2D eigenvalue weighted by Crippen LogP contribution is 2.19. The Morgan fingerprint density at radius 2 is 1.94 bits per heavy atom. The van der Waals surface area contributed by atoms with Crippen LogP contribution in [0.1, 0.15) is 23.3 Å². The fourth-order valence-electron chi connectivity index (χ4n) is 1.91. The van der Waals surface area contributed by atoms with E-state index in [0.717, 1.165) is 0 Å². The second kappa shape index (κ2) is 4.40. The minimum absolute atomic E-state index is 0.0898. The van der Waals surface area contributed by atoms with Crippen molar-refractivity contribution in [2.75, 3.05) is 18.8 Å². The smallest absolute Gasteiger partial charge is 0.278 e. The number of anilines is 1. The third-order valence-electron chi connectivity index (χ3n) is 2.96. The molecule has 2 heterocycles. The maximum atomic E-state index is 12.0. The molecule has 0 spiro atoms. The number of piperidine rings is 1. The van der Waals surface area contributed by atoms with Gasteiger partial charge in [-0.25, -0.2) is 0 Å². The van der Waals surface area contributed by atoms with E-state index in [-0.39, 0.29) is 29.2 Å². The number of amides is 2. The molecule has 1 fully saturated rings. The summed E-state index contributed by atoms with van der Waals surface area (Å²) in [5, 5.41) is 9.60. The molecule has 0 unspecified atom stereocenters. The van der Waals surface area contributed by atoms with Crippen LogP contribution in [-0.2, 0) is 4.79 Å². The first-order chi connectivity index (χ1) is 8.09. The summed E-state index contributed by atoms with van der Waals surface area (Å²) in [5.41, 5.74) is 10.8. The van der Waals surface area contributed by atoms with Gasteiger partial charge in [0, 0.05) is 19.0 Å². The Kier molecular flexibility index (Phi) is 2.94. The number of nitrogens with zero attached hydrogens (tertiary/aromatic N) is 3.